The molecule has 2 nitrogen and oxygen atoms in total. The van der Waals surface area contributed by atoms with Gasteiger partial charge in [0.05, 0.1) is 0 Å². The van der Waals surface area contributed by atoms with E-state index in [0.29, 0.717) is 12.3 Å². The molecule has 0 unspecified atom stereocenters. The van der Waals surface area contributed by atoms with Crippen LogP contribution >= 0.6 is 0 Å². The van der Waals surface area contributed by atoms with Gasteiger partial charge in [-0.15, -0.1) is 0 Å². The third-order valence-electron chi connectivity index (χ3n) is 2.46. The van der Waals surface area contributed by atoms with Crippen LogP contribution in [0.1, 0.15) is 17.5 Å². The third kappa shape index (κ3) is 1.45. The van der Waals surface area contributed by atoms with Crippen LogP contribution in [0.5, 0.6) is 5.75 Å². The predicted octanol–water partition coefficient (Wildman–Crippen LogP) is 1.68. The van der Waals surface area contributed by atoms with E-state index >= 15 is 0 Å². The molecule has 0 amide bonds. The average Bonchev–Trinajstić information content (AvgIpc) is 2.16. The molecular formula is C11H13NO. The maximum absolute atomic E-state index is 9.30. The van der Waals surface area contributed by atoms with Gasteiger partial charge in [0.1, 0.15) is 5.75 Å². The van der Waals surface area contributed by atoms with Crippen molar-refractivity contribution in [2.45, 2.75) is 12.8 Å². The Labute approximate surface area is 77.7 Å². The number of aromatic hydroxyl groups is 1. The topological polar surface area (TPSA) is 46.2 Å². The van der Waals surface area contributed by atoms with Gasteiger partial charge in [-0.3, -0.25) is 0 Å². The summed E-state index contributed by atoms with van der Waals surface area (Å²) >= 11 is 0. The molecule has 68 valence electrons. The molecule has 0 spiro atoms. The van der Waals surface area contributed by atoms with Crippen LogP contribution in [0.15, 0.2) is 24.3 Å². The molecule has 1 aliphatic carbocycles. The maximum atomic E-state index is 9.30. The van der Waals surface area contributed by atoms with Crippen molar-refractivity contribution in [2.75, 3.05) is 6.54 Å². The summed E-state index contributed by atoms with van der Waals surface area (Å²) in [6.07, 6.45) is 4.22. The summed E-state index contributed by atoms with van der Waals surface area (Å²) in [7, 11) is 0. The first-order valence-corrected chi connectivity index (χ1v) is 4.52. The molecule has 0 atom stereocenters. The molecule has 2 heteroatoms. The van der Waals surface area contributed by atoms with Gasteiger partial charge < -0.3 is 10.8 Å². The molecule has 0 aliphatic heterocycles. The van der Waals surface area contributed by atoms with E-state index in [1.807, 2.05) is 12.1 Å². The Bertz CT molecular complexity index is 355. The van der Waals surface area contributed by atoms with Gasteiger partial charge >= 0.3 is 0 Å². The van der Waals surface area contributed by atoms with Gasteiger partial charge in [0.2, 0.25) is 0 Å². The second-order valence-corrected chi connectivity index (χ2v) is 3.31. The molecule has 0 saturated heterocycles. The Morgan fingerprint density at radius 2 is 2.23 bits per heavy atom. The van der Waals surface area contributed by atoms with E-state index in [2.05, 4.69) is 6.08 Å². The van der Waals surface area contributed by atoms with Crippen molar-refractivity contribution in [3.63, 3.8) is 0 Å². The fourth-order valence-corrected chi connectivity index (χ4v) is 1.81. The smallest absolute Gasteiger partial charge is 0.115 e. The molecule has 0 fully saturated rings. The molecule has 0 aromatic heterocycles. The van der Waals surface area contributed by atoms with Gasteiger partial charge in [-0.25, -0.2) is 0 Å². The van der Waals surface area contributed by atoms with Crippen molar-refractivity contribution in [1.82, 2.24) is 0 Å². The molecule has 3 N–H and O–H groups in total. The van der Waals surface area contributed by atoms with E-state index in [-0.39, 0.29) is 0 Å². The van der Waals surface area contributed by atoms with Crippen LogP contribution in [-0.4, -0.2) is 11.7 Å². The van der Waals surface area contributed by atoms with Crippen molar-refractivity contribution in [3.8, 4) is 5.75 Å². The monoisotopic (exact) mass is 175 g/mol. The van der Waals surface area contributed by atoms with E-state index in [4.69, 9.17) is 5.73 Å². The van der Waals surface area contributed by atoms with Crippen LogP contribution in [-0.2, 0) is 6.42 Å². The summed E-state index contributed by atoms with van der Waals surface area (Å²) < 4.78 is 0. The van der Waals surface area contributed by atoms with Crippen molar-refractivity contribution >= 4 is 5.57 Å². The van der Waals surface area contributed by atoms with Crippen molar-refractivity contribution < 1.29 is 5.11 Å². The number of rotatable bonds is 1. The zero-order valence-electron chi connectivity index (χ0n) is 7.46. The van der Waals surface area contributed by atoms with Crippen LogP contribution in [0.2, 0.25) is 0 Å². The number of aryl methyl sites for hydroxylation is 1. The quantitative estimate of drug-likeness (QED) is 0.682. The lowest BCUT2D eigenvalue weighted by atomic mass is 9.91. The summed E-state index contributed by atoms with van der Waals surface area (Å²) in [5.74, 6) is 0.344. The third-order valence-corrected chi connectivity index (χ3v) is 2.46. The van der Waals surface area contributed by atoms with Crippen LogP contribution in [0, 0.1) is 0 Å². The highest BCUT2D eigenvalue weighted by atomic mass is 16.3. The lowest BCUT2D eigenvalue weighted by molar-refractivity contribution is 0.474. The second kappa shape index (κ2) is 3.23. The molecule has 0 radical (unpaired) electrons. The lowest BCUT2D eigenvalue weighted by Crippen LogP contribution is -2.08. The minimum Gasteiger partial charge on any atom is -0.508 e. The molecule has 1 aliphatic rings. The van der Waals surface area contributed by atoms with Gasteiger partial charge in [-0.05, 0) is 41.7 Å². The molecule has 1 aromatic rings. The number of nitrogens with two attached hydrogens (primary N) is 1. The number of hydrogen-bond acceptors (Lipinski definition) is 2. The van der Waals surface area contributed by atoms with Crippen LogP contribution in [0.4, 0.5) is 0 Å². The summed E-state index contributed by atoms with van der Waals surface area (Å²) in [4.78, 5) is 0. The van der Waals surface area contributed by atoms with Crippen molar-refractivity contribution in [2.24, 2.45) is 5.73 Å². The van der Waals surface area contributed by atoms with Crippen molar-refractivity contribution in [3.05, 3.63) is 35.4 Å². The Morgan fingerprint density at radius 1 is 1.38 bits per heavy atom. The average molecular weight is 175 g/mol. The first-order chi connectivity index (χ1) is 6.31. The molecular weight excluding hydrogens is 162 g/mol. The summed E-state index contributed by atoms with van der Waals surface area (Å²) in [5.41, 5.74) is 9.23. The minimum absolute atomic E-state index is 0.344. The van der Waals surface area contributed by atoms with E-state index in [1.165, 1.54) is 16.7 Å². The van der Waals surface area contributed by atoms with Crippen LogP contribution in [0.25, 0.3) is 5.57 Å². The largest absolute Gasteiger partial charge is 0.508 e. The highest BCUT2D eigenvalue weighted by Gasteiger charge is 2.11. The summed E-state index contributed by atoms with van der Waals surface area (Å²) in [5, 5.41) is 9.30. The highest BCUT2D eigenvalue weighted by Crippen LogP contribution is 2.28. The van der Waals surface area contributed by atoms with Gasteiger partial charge in [0, 0.05) is 6.54 Å². The van der Waals surface area contributed by atoms with Gasteiger partial charge in [-0.1, -0.05) is 12.1 Å². The maximum Gasteiger partial charge on any atom is 0.115 e. The Kier molecular flexibility index (Phi) is 2.07. The van der Waals surface area contributed by atoms with E-state index in [1.54, 1.807) is 6.07 Å². The molecule has 13 heavy (non-hydrogen) atoms. The van der Waals surface area contributed by atoms with E-state index in [9.17, 15) is 5.11 Å². The molecule has 0 bridgehead atoms. The van der Waals surface area contributed by atoms with E-state index < -0.39 is 0 Å². The number of phenols is 1. The standard InChI is InChI=1S/C11H13NO/c12-7-9-3-1-2-8-6-10(13)4-5-11(8)9/h3-6,13H,1-2,7,12H2. The number of allylic oxidation sites excluding steroid dienone is 1. The van der Waals surface area contributed by atoms with E-state index in [0.717, 1.165) is 12.8 Å². The second-order valence-electron chi connectivity index (χ2n) is 3.31. The zero-order chi connectivity index (χ0) is 9.26. The first-order valence-electron chi connectivity index (χ1n) is 4.52. The first kappa shape index (κ1) is 8.32. The predicted molar refractivity (Wildman–Crippen MR) is 53.5 cm³/mol. The molecule has 1 aromatic carbocycles. The number of benzene rings is 1. The Balaban J connectivity index is 2.49. The van der Waals surface area contributed by atoms with Gasteiger partial charge in [0.25, 0.3) is 0 Å². The normalized spacial score (nSPS) is 15.0. The van der Waals surface area contributed by atoms with Gasteiger partial charge in [0.15, 0.2) is 0 Å². The molecule has 0 heterocycles. The van der Waals surface area contributed by atoms with Crippen LogP contribution < -0.4 is 5.73 Å². The fourth-order valence-electron chi connectivity index (χ4n) is 1.81. The van der Waals surface area contributed by atoms with Crippen molar-refractivity contribution in [1.29, 1.82) is 0 Å². The number of fused-ring (bicyclic) bond motifs is 1. The lowest BCUT2D eigenvalue weighted by Gasteiger charge is -2.16. The summed E-state index contributed by atoms with van der Waals surface area (Å²) in [6.45, 7) is 0.581. The molecule has 0 saturated carbocycles. The highest BCUT2D eigenvalue weighted by molar-refractivity contribution is 5.71. The fraction of sp³-hybridized carbons (Fsp3) is 0.273. The van der Waals surface area contributed by atoms with Crippen LogP contribution in [0.3, 0.4) is 0 Å². The zero-order valence-corrected chi connectivity index (χ0v) is 7.46. The number of hydrogen-bond donors (Lipinski definition) is 2. The Morgan fingerprint density at radius 3 is 3.00 bits per heavy atom. The minimum atomic E-state index is 0.344. The SMILES string of the molecule is NCC1=CCCc2cc(O)ccc21. The Hall–Kier alpha value is -1.28. The summed E-state index contributed by atoms with van der Waals surface area (Å²) in [6, 6.07) is 5.49. The van der Waals surface area contributed by atoms with Gasteiger partial charge in [-0.2, -0.15) is 0 Å². The number of phenolic OH excluding ortho intramolecular Hbond substituents is 1. The molecule has 2 rings (SSSR count).